The van der Waals surface area contributed by atoms with Gasteiger partial charge in [0.25, 0.3) is 0 Å². The van der Waals surface area contributed by atoms with Crippen LogP contribution in [0.1, 0.15) is 142 Å². The van der Waals surface area contributed by atoms with Crippen LogP contribution in [0.3, 0.4) is 0 Å². The molecule has 13 nitrogen and oxygen atoms in total. The predicted octanol–water partition coefficient (Wildman–Crippen LogP) is 8.62. The van der Waals surface area contributed by atoms with Crippen molar-refractivity contribution in [2.45, 2.75) is 186 Å². The van der Waals surface area contributed by atoms with Crippen molar-refractivity contribution in [2.75, 3.05) is 18.6 Å². The first-order valence-corrected chi connectivity index (χ1v) is 24.6. The summed E-state index contributed by atoms with van der Waals surface area (Å²) in [6.45, 7) is 7.07. The summed E-state index contributed by atoms with van der Waals surface area (Å²) in [5.74, 6) is -6.77. The van der Waals surface area contributed by atoms with Gasteiger partial charge in [-0.2, -0.15) is 22.0 Å². The van der Waals surface area contributed by atoms with Gasteiger partial charge in [0, 0.05) is 61.8 Å². The second kappa shape index (κ2) is 23.0. The largest absolute Gasteiger partial charge is 0.467 e. The van der Waals surface area contributed by atoms with Gasteiger partial charge < -0.3 is 33.2 Å². The molecule has 0 bridgehead atoms. The van der Waals surface area contributed by atoms with Crippen molar-refractivity contribution in [3.05, 3.63) is 29.3 Å². The third-order valence-corrected chi connectivity index (χ3v) is 15.4. The summed E-state index contributed by atoms with van der Waals surface area (Å²) in [5.41, 5.74) is 2.11. The molecule has 66 heavy (non-hydrogen) atoms. The fourth-order valence-corrected chi connectivity index (χ4v) is 12.2. The lowest BCUT2D eigenvalue weighted by Gasteiger charge is -2.53. The number of benzene rings is 1. The molecule has 2 saturated carbocycles. The first-order valence-electron chi connectivity index (χ1n) is 23.1. The maximum atomic E-state index is 13.2. The zero-order valence-corrected chi connectivity index (χ0v) is 39.4. The molecule has 0 N–H and O–H groups in total. The number of alkyl halides is 5. The Kier molecular flexibility index (Phi) is 18.5. The molecule has 5 rings (SSSR count). The summed E-state index contributed by atoms with van der Waals surface area (Å²) in [5, 5.41) is 0. The van der Waals surface area contributed by atoms with Gasteiger partial charge in [-0.05, 0) is 98.3 Å². The number of methoxy groups -OCH3 is 1. The second-order valence-corrected chi connectivity index (χ2v) is 20.2. The van der Waals surface area contributed by atoms with E-state index >= 15 is 0 Å². The highest BCUT2D eigenvalue weighted by atomic mass is 32.2. The Balaban J connectivity index is 1.27. The van der Waals surface area contributed by atoms with Gasteiger partial charge in [0.1, 0.15) is 11.9 Å². The van der Waals surface area contributed by atoms with Crippen molar-refractivity contribution in [2.24, 2.45) is 23.2 Å². The van der Waals surface area contributed by atoms with E-state index in [9.17, 15) is 50.1 Å². The van der Waals surface area contributed by atoms with Crippen molar-refractivity contribution >= 4 is 40.6 Å². The summed E-state index contributed by atoms with van der Waals surface area (Å²) >= 11 is 0. The molecule has 0 spiro atoms. The number of hydrogen-bond acceptors (Lipinski definition) is 13. The maximum absolute atomic E-state index is 13.2. The molecule has 1 aromatic rings. The first kappa shape index (κ1) is 53.1. The van der Waals surface area contributed by atoms with E-state index in [0.717, 1.165) is 110 Å². The summed E-state index contributed by atoms with van der Waals surface area (Å²) in [6.07, 6.45) is -3.78. The van der Waals surface area contributed by atoms with Crippen LogP contribution in [0.2, 0.25) is 0 Å². The van der Waals surface area contributed by atoms with Crippen LogP contribution in [0.25, 0.3) is 0 Å². The standard InChI is InChI=1S/C47H65F5O13S/c1-27(53)60-37-19-18-36-38-31(15-12-10-8-7-9-11-13-23-66(58)24-14-21-46(48,49)47(50,51)52)25-32-26-33(16-17-34(32)35(38)20-22-45(36,37)5)64-44-42(63-30(4)56)40(62-29(3)55)39(61-28(2)54)41(65-44)43(57)59-6/h16-17,26,31,35-42,44H,7-15,18-25H2,1-6H3/t31-,35-,36+,37+,38-,39+,40+,41+,42-,44-,45+,66?/m1/s1. The van der Waals surface area contributed by atoms with E-state index in [1.165, 1.54) is 12.5 Å². The summed E-state index contributed by atoms with van der Waals surface area (Å²) in [7, 11) is -0.336. The van der Waals surface area contributed by atoms with Crippen molar-refractivity contribution in [3.63, 3.8) is 0 Å². The Bertz CT molecular complexity index is 1900. The van der Waals surface area contributed by atoms with E-state index in [0.29, 0.717) is 24.0 Å². The van der Waals surface area contributed by atoms with Crippen molar-refractivity contribution in [3.8, 4) is 5.75 Å². The average Bonchev–Trinajstić information content (AvgIpc) is 3.55. The molecular formula is C47H65F5O13S. The number of ether oxygens (including phenoxy) is 7. The third kappa shape index (κ3) is 13.2. The zero-order valence-electron chi connectivity index (χ0n) is 38.6. The number of esters is 5. The molecule has 19 heteroatoms. The first-order chi connectivity index (χ1) is 31.1. The summed E-state index contributed by atoms with van der Waals surface area (Å²) < 4.78 is 116. The van der Waals surface area contributed by atoms with E-state index in [-0.39, 0.29) is 40.8 Å². The van der Waals surface area contributed by atoms with Gasteiger partial charge >= 0.3 is 41.9 Å². The molecule has 372 valence electrons. The van der Waals surface area contributed by atoms with Gasteiger partial charge in [0.2, 0.25) is 12.4 Å². The van der Waals surface area contributed by atoms with Crippen LogP contribution in [0.5, 0.6) is 5.75 Å². The van der Waals surface area contributed by atoms with Crippen LogP contribution < -0.4 is 4.74 Å². The smallest absolute Gasteiger partial charge is 0.453 e. The van der Waals surface area contributed by atoms with Crippen molar-refractivity contribution < 1.29 is 83.3 Å². The molecule has 3 aliphatic carbocycles. The fourth-order valence-electron chi connectivity index (χ4n) is 11.0. The van der Waals surface area contributed by atoms with E-state index < -0.39 is 90.3 Å². The molecule has 1 unspecified atom stereocenters. The molecule has 0 amide bonds. The Morgan fingerprint density at radius 3 is 1.97 bits per heavy atom. The van der Waals surface area contributed by atoms with Crippen LogP contribution in [0, 0.1) is 23.2 Å². The van der Waals surface area contributed by atoms with Crippen LogP contribution >= 0.6 is 0 Å². The van der Waals surface area contributed by atoms with E-state index in [1.807, 2.05) is 12.1 Å². The quantitative estimate of drug-likeness (QED) is 0.0498. The number of carbonyl (C=O) groups is 5. The van der Waals surface area contributed by atoms with Gasteiger partial charge in [-0.3, -0.25) is 23.4 Å². The minimum absolute atomic E-state index is 0.152. The predicted molar refractivity (Wildman–Crippen MR) is 229 cm³/mol. The molecule has 3 fully saturated rings. The van der Waals surface area contributed by atoms with Gasteiger partial charge in [-0.15, -0.1) is 0 Å². The third-order valence-electron chi connectivity index (χ3n) is 13.9. The lowest BCUT2D eigenvalue weighted by atomic mass is 9.52. The number of fused-ring (bicyclic) bond motifs is 5. The molecule has 4 aliphatic rings. The molecule has 12 atom stereocenters. The monoisotopic (exact) mass is 964 g/mol. The topological polar surface area (TPSA) is 167 Å². The molecular weight excluding hydrogens is 900 g/mol. The molecule has 1 aliphatic heterocycles. The minimum atomic E-state index is -5.60. The van der Waals surface area contributed by atoms with Crippen molar-refractivity contribution in [1.29, 1.82) is 0 Å². The Labute approximate surface area is 385 Å². The normalized spacial score (nSPS) is 29.9. The summed E-state index contributed by atoms with van der Waals surface area (Å²) in [4.78, 5) is 62.1. The van der Waals surface area contributed by atoms with Gasteiger partial charge in [-0.25, -0.2) is 4.79 Å². The van der Waals surface area contributed by atoms with E-state index in [1.54, 1.807) is 6.07 Å². The Morgan fingerprint density at radius 2 is 1.35 bits per heavy atom. The van der Waals surface area contributed by atoms with Crippen LogP contribution in [-0.4, -0.2) is 102 Å². The van der Waals surface area contributed by atoms with E-state index in [2.05, 4.69) is 6.92 Å². The summed E-state index contributed by atoms with van der Waals surface area (Å²) in [6, 6.07) is 5.75. The number of halogens is 5. The highest BCUT2D eigenvalue weighted by Gasteiger charge is 2.59. The minimum Gasteiger partial charge on any atom is -0.467 e. The Morgan fingerprint density at radius 1 is 0.758 bits per heavy atom. The zero-order chi connectivity index (χ0) is 48.6. The lowest BCUT2D eigenvalue weighted by Crippen LogP contribution is -2.64. The molecule has 0 radical (unpaired) electrons. The molecule has 0 aromatic heterocycles. The number of unbranched alkanes of at least 4 members (excludes halogenated alkanes) is 6. The highest BCUT2D eigenvalue weighted by Crippen LogP contribution is 2.63. The highest BCUT2D eigenvalue weighted by molar-refractivity contribution is 7.84. The van der Waals surface area contributed by atoms with Crippen molar-refractivity contribution in [1.82, 2.24) is 0 Å². The van der Waals surface area contributed by atoms with Gasteiger partial charge in [-0.1, -0.05) is 51.5 Å². The van der Waals surface area contributed by atoms with E-state index in [4.69, 9.17) is 33.2 Å². The molecule has 1 aromatic carbocycles. The fraction of sp³-hybridized carbons (Fsp3) is 0.766. The Hall–Kier alpha value is -3.87. The maximum Gasteiger partial charge on any atom is 0.453 e. The van der Waals surface area contributed by atoms with Crippen LogP contribution in [0.4, 0.5) is 22.0 Å². The number of hydrogen-bond donors (Lipinski definition) is 0. The number of rotatable bonds is 21. The van der Waals surface area contributed by atoms with Crippen LogP contribution in [-0.2, 0) is 69.6 Å². The number of carbonyl (C=O) groups excluding carboxylic acids is 5. The van der Waals surface area contributed by atoms with Gasteiger partial charge in [0.05, 0.1) is 7.11 Å². The average molecular weight is 965 g/mol. The van der Waals surface area contributed by atoms with Gasteiger partial charge in [0.15, 0.2) is 18.3 Å². The molecule has 1 heterocycles. The lowest BCUT2D eigenvalue weighted by molar-refractivity contribution is -0.284. The molecule has 1 saturated heterocycles. The second-order valence-electron chi connectivity index (χ2n) is 18.5. The van der Waals surface area contributed by atoms with Crippen LogP contribution in [0.15, 0.2) is 18.2 Å². The SMILES string of the molecule is COC(=O)[C@H]1O[C@@H](Oc2ccc3c(c2)C[C@@H](CCCCCCCCCS(=O)CCCC(F)(F)C(F)(F)F)[C@@H]2[C@@H]3CC[C@]3(C)[C@@H](OC(C)=O)CC[C@@H]23)[C@H](OC(C)=O)[C@@H](OC(C)=O)[C@@H]1OC(C)=O.